The molecule has 0 fully saturated rings. The Labute approximate surface area is 176 Å². The molecule has 4 heteroatoms. The molecule has 0 saturated carbocycles. The molecule has 0 heterocycles. The number of benzene rings is 4. The van der Waals surface area contributed by atoms with Crippen molar-refractivity contribution < 1.29 is 9.53 Å². The standard InChI is InChI=1S/C26H24N2O2/c1-2-3-16-30-25-15-14-20-9-6-7-11-23(20)24(25)18-27-28-26(29)22-13-12-19-8-4-5-10-21(19)17-22/h4-15,17-18H,2-3,16H2,1H3,(H,28,29)/b27-18-. The van der Waals surface area contributed by atoms with Crippen molar-refractivity contribution in [2.45, 2.75) is 19.8 Å². The number of hydrogen-bond acceptors (Lipinski definition) is 3. The van der Waals surface area contributed by atoms with Crippen LogP contribution in [0.15, 0.2) is 84.0 Å². The highest BCUT2D eigenvalue weighted by Gasteiger charge is 2.08. The molecule has 0 radical (unpaired) electrons. The minimum atomic E-state index is -0.245. The minimum absolute atomic E-state index is 0.245. The Bertz CT molecular complexity index is 1210. The Morgan fingerprint density at radius 2 is 1.67 bits per heavy atom. The van der Waals surface area contributed by atoms with Gasteiger partial charge in [-0.05, 0) is 46.2 Å². The van der Waals surface area contributed by atoms with Crippen molar-refractivity contribution in [2.24, 2.45) is 5.10 Å². The Morgan fingerprint density at radius 1 is 0.933 bits per heavy atom. The molecule has 4 rings (SSSR count). The highest BCUT2D eigenvalue weighted by molar-refractivity contribution is 6.03. The smallest absolute Gasteiger partial charge is 0.271 e. The Hall–Kier alpha value is -3.66. The molecular weight excluding hydrogens is 372 g/mol. The molecule has 4 aromatic rings. The summed E-state index contributed by atoms with van der Waals surface area (Å²) in [6.45, 7) is 2.79. The van der Waals surface area contributed by atoms with Gasteiger partial charge in [-0.15, -0.1) is 0 Å². The molecule has 0 atom stereocenters. The van der Waals surface area contributed by atoms with Crippen LogP contribution in [0.25, 0.3) is 21.5 Å². The first kappa shape index (κ1) is 19.6. The van der Waals surface area contributed by atoms with Gasteiger partial charge in [0.1, 0.15) is 5.75 Å². The molecule has 0 aliphatic rings. The number of nitrogens with one attached hydrogen (secondary N) is 1. The van der Waals surface area contributed by atoms with Gasteiger partial charge in [-0.2, -0.15) is 5.10 Å². The molecular formula is C26H24N2O2. The van der Waals surface area contributed by atoms with Crippen LogP contribution >= 0.6 is 0 Å². The van der Waals surface area contributed by atoms with Crippen molar-refractivity contribution >= 4 is 33.7 Å². The van der Waals surface area contributed by atoms with Crippen LogP contribution in [0, 0.1) is 0 Å². The van der Waals surface area contributed by atoms with Crippen molar-refractivity contribution in [2.75, 3.05) is 6.61 Å². The van der Waals surface area contributed by atoms with Crippen LogP contribution in [0.1, 0.15) is 35.7 Å². The summed E-state index contributed by atoms with van der Waals surface area (Å²) in [6.07, 6.45) is 3.73. The lowest BCUT2D eigenvalue weighted by atomic mass is 10.0. The van der Waals surface area contributed by atoms with Crippen LogP contribution < -0.4 is 10.2 Å². The summed E-state index contributed by atoms with van der Waals surface area (Å²) >= 11 is 0. The third-order valence-electron chi connectivity index (χ3n) is 5.06. The third kappa shape index (κ3) is 4.33. The largest absolute Gasteiger partial charge is 0.493 e. The number of carbonyl (C=O) groups is 1. The summed E-state index contributed by atoms with van der Waals surface area (Å²) in [5.41, 5.74) is 4.08. The molecule has 4 nitrogen and oxygen atoms in total. The van der Waals surface area contributed by atoms with Gasteiger partial charge in [-0.25, -0.2) is 5.43 Å². The van der Waals surface area contributed by atoms with E-state index in [4.69, 9.17) is 4.74 Å². The van der Waals surface area contributed by atoms with E-state index in [1.807, 2.05) is 72.8 Å². The average molecular weight is 396 g/mol. The molecule has 0 bridgehead atoms. The van der Waals surface area contributed by atoms with Gasteiger partial charge in [0.25, 0.3) is 5.91 Å². The SMILES string of the molecule is CCCCOc1ccc2ccccc2c1/C=N\NC(=O)c1ccc2ccccc2c1. The summed E-state index contributed by atoms with van der Waals surface area (Å²) in [6, 6.07) is 25.7. The maximum atomic E-state index is 12.6. The summed E-state index contributed by atoms with van der Waals surface area (Å²) in [5, 5.41) is 8.49. The van der Waals surface area contributed by atoms with Crippen LogP contribution in [0.5, 0.6) is 5.75 Å². The Balaban J connectivity index is 1.57. The van der Waals surface area contributed by atoms with Crippen molar-refractivity contribution in [3.63, 3.8) is 0 Å². The van der Waals surface area contributed by atoms with E-state index in [0.717, 1.165) is 45.7 Å². The normalized spacial score (nSPS) is 11.2. The molecule has 0 aromatic heterocycles. The zero-order valence-electron chi connectivity index (χ0n) is 17.0. The second kappa shape index (κ2) is 9.23. The topological polar surface area (TPSA) is 50.7 Å². The highest BCUT2D eigenvalue weighted by Crippen LogP contribution is 2.27. The summed E-state index contributed by atoms with van der Waals surface area (Å²) in [4.78, 5) is 12.6. The van der Waals surface area contributed by atoms with Crippen molar-refractivity contribution in [3.05, 3.63) is 90.0 Å². The Kier molecular flexibility index (Phi) is 6.04. The van der Waals surface area contributed by atoms with Crippen molar-refractivity contribution in [1.29, 1.82) is 0 Å². The van der Waals surface area contributed by atoms with E-state index in [0.29, 0.717) is 12.2 Å². The molecule has 4 aromatic carbocycles. The second-order valence-corrected chi connectivity index (χ2v) is 7.16. The predicted molar refractivity (Wildman–Crippen MR) is 123 cm³/mol. The molecule has 150 valence electrons. The van der Waals surface area contributed by atoms with Crippen molar-refractivity contribution in [3.8, 4) is 5.75 Å². The number of hydrogen-bond donors (Lipinski definition) is 1. The maximum absolute atomic E-state index is 12.6. The van der Waals surface area contributed by atoms with Gasteiger partial charge in [0.05, 0.1) is 12.8 Å². The Morgan fingerprint density at radius 3 is 2.50 bits per heavy atom. The van der Waals surface area contributed by atoms with E-state index < -0.39 is 0 Å². The lowest BCUT2D eigenvalue weighted by Gasteiger charge is -2.11. The number of fused-ring (bicyclic) bond motifs is 2. The van der Waals surface area contributed by atoms with E-state index in [1.54, 1.807) is 6.21 Å². The third-order valence-corrected chi connectivity index (χ3v) is 5.06. The van der Waals surface area contributed by atoms with E-state index in [2.05, 4.69) is 23.5 Å². The lowest BCUT2D eigenvalue weighted by molar-refractivity contribution is 0.0955. The molecule has 0 aliphatic heterocycles. The first-order valence-corrected chi connectivity index (χ1v) is 10.2. The number of nitrogens with zero attached hydrogens (tertiary/aromatic N) is 1. The summed E-state index contributed by atoms with van der Waals surface area (Å²) in [7, 11) is 0. The van der Waals surface area contributed by atoms with Crippen LogP contribution in [0.3, 0.4) is 0 Å². The van der Waals surface area contributed by atoms with Gasteiger partial charge in [0.2, 0.25) is 0 Å². The molecule has 1 N–H and O–H groups in total. The zero-order valence-corrected chi connectivity index (χ0v) is 17.0. The average Bonchev–Trinajstić information content (AvgIpc) is 2.79. The van der Waals surface area contributed by atoms with E-state index in [1.165, 1.54) is 0 Å². The van der Waals surface area contributed by atoms with E-state index in [9.17, 15) is 4.79 Å². The molecule has 0 unspecified atom stereocenters. The molecule has 0 spiro atoms. The number of carbonyl (C=O) groups excluding carboxylic acids is 1. The van der Waals surface area contributed by atoms with Crippen LogP contribution in [0.4, 0.5) is 0 Å². The van der Waals surface area contributed by atoms with Crippen LogP contribution in [0.2, 0.25) is 0 Å². The predicted octanol–water partition coefficient (Wildman–Crippen LogP) is 5.94. The fourth-order valence-corrected chi connectivity index (χ4v) is 3.41. The monoisotopic (exact) mass is 396 g/mol. The number of amides is 1. The summed E-state index contributed by atoms with van der Waals surface area (Å²) in [5.74, 6) is 0.525. The lowest BCUT2D eigenvalue weighted by Crippen LogP contribution is -2.17. The fraction of sp³-hybridized carbons (Fsp3) is 0.154. The molecule has 0 aliphatic carbocycles. The zero-order chi connectivity index (χ0) is 20.8. The van der Waals surface area contributed by atoms with Gasteiger partial charge in [0.15, 0.2) is 0 Å². The van der Waals surface area contributed by atoms with Gasteiger partial charge >= 0.3 is 0 Å². The number of hydrazone groups is 1. The maximum Gasteiger partial charge on any atom is 0.271 e. The van der Waals surface area contributed by atoms with Crippen molar-refractivity contribution in [1.82, 2.24) is 5.43 Å². The van der Waals surface area contributed by atoms with Gasteiger partial charge in [-0.3, -0.25) is 4.79 Å². The summed E-state index contributed by atoms with van der Waals surface area (Å²) < 4.78 is 5.97. The van der Waals surface area contributed by atoms with Gasteiger partial charge in [0, 0.05) is 11.1 Å². The first-order valence-electron chi connectivity index (χ1n) is 10.2. The molecule has 30 heavy (non-hydrogen) atoms. The quantitative estimate of drug-likeness (QED) is 0.239. The minimum Gasteiger partial charge on any atom is -0.493 e. The number of rotatable bonds is 7. The van der Waals surface area contributed by atoms with Gasteiger partial charge in [-0.1, -0.05) is 74.0 Å². The van der Waals surface area contributed by atoms with Gasteiger partial charge < -0.3 is 4.74 Å². The first-order chi connectivity index (χ1) is 14.8. The second-order valence-electron chi connectivity index (χ2n) is 7.16. The van der Waals surface area contributed by atoms with E-state index >= 15 is 0 Å². The molecule has 1 amide bonds. The number of unbranched alkanes of at least 4 members (excludes halogenated alkanes) is 1. The van der Waals surface area contributed by atoms with Crippen LogP contribution in [-0.2, 0) is 0 Å². The van der Waals surface area contributed by atoms with E-state index in [-0.39, 0.29) is 5.91 Å². The van der Waals surface area contributed by atoms with Crippen LogP contribution in [-0.4, -0.2) is 18.7 Å². The highest BCUT2D eigenvalue weighted by atomic mass is 16.5. The molecule has 0 saturated heterocycles. The number of ether oxygens (including phenoxy) is 1. The fourth-order valence-electron chi connectivity index (χ4n) is 3.41.